The van der Waals surface area contributed by atoms with Gasteiger partial charge in [0.15, 0.2) is 0 Å². The van der Waals surface area contributed by atoms with Crippen LogP contribution in [0.25, 0.3) is 10.9 Å². The highest BCUT2D eigenvalue weighted by Gasteiger charge is 2.16. The van der Waals surface area contributed by atoms with Gasteiger partial charge in [0.1, 0.15) is 5.69 Å². The van der Waals surface area contributed by atoms with Crippen LogP contribution in [0, 0.1) is 10.1 Å². The Morgan fingerprint density at radius 2 is 2.27 bits per heavy atom. The van der Waals surface area contributed by atoms with Crippen LogP contribution in [-0.2, 0) is 6.54 Å². The van der Waals surface area contributed by atoms with Crippen molar-refractivity contribution in [3.8, 4) is 0 Å². The monoisotopic (exact) mass is 301 g/mol. The molecule has 112 valence electrons. The molecule has 0 saturated carbocycles. The van der Waals surface area contributed by atoms with E-state index >= 15 is 0 Å². The number of aromatic nitrogens is 5. The summed E-state index contributed by atoms with van der Waals surface area (Å²) >= 11 is 0. The first kappa shape index (κ1) is 13.7. The predicted molar refractivity (Wildman–Crippen MR) is 77.5 cm³/mol. The Bertz CT molecular complexity index is 872. The molecule has 3 aromatic rings. The maximum atomic E-state index is 11.7. The number of H-pyrrole nitrogens is 1. The fourth-order valence-corrected chi connectivity index (χ4v) is 2.05. The average molecular weight is 301 g/mol. The van der Waals surface area contributed by atoms with Crippen LogP contribution in [0.3, 0.4) is 0 Å². The third-order valence-corrected chi connectivity index (χ3v) is 3.08. The Labute approximate surface area is 122 Å². The zero-order chi connectivity index (χ0) is 15.5. The van der Waals surface area contributed by atoms with Crippen LogP contribution in [0.1, 0.15) is 0 Å². The first-order valence-corrected chi connectivity index (χ1v) is 6.39. The summed E-state index contributed by atoms with van der Waals surface area (Å²) in [6, 6.07) is 2.71. The second kappa shape index (κ2) is 5.60. The minimum Gasteiger partial charge on any atom is -0.378 e. The number of hydrogen-bond donors (Lipinski definition) is 2. The summed E-state index contributed by atoms with van der Waals surface area (Å²) in [6.45, 7) is 0.914. The molecule has 2 aromatic heterocycles. The molecule has 0 aliphatic carbocycles. The van der Waals surface area contributed by atoms with Crippen molar-refractivity contribution < 1.29 is 4.92 Å². The lowest BCUT2D eigenvalue weighted by atomic mass is 10.2. The molecule has 0 spiro atoms. The Morgan fingerprint density at radius 3 is 3.00 bits per heavy atom. The van der Waals surface area contributed by atoms with Crippen LogP contribution in [0.2, 0.25) is 0 Å². The van der Waals surface area contributed by atoms with Gasteiger partial charge >= 0.3 is 0 Å². The van der Waals surface area contributed by atoms with Crippen molar-refractivity contribution in [2.75, 3.05) is 11.9 Å². The standard InChI is InChI=1S/C12H11N7O3/c20-12-8-5-11(19(21)22)10(6-9(8)14-7-15-12)13-1-3-18-4-2-16-17-18/h2,4-7,13H,1,3H2,(H,14,15,20). The molecule has 0 atom stereocenters. The molecule has 2 N–H and O–H groups in total. The van der Waals surface area contributed by atoms with E-state index in [0.717, 1.165) is 0 Å². The minimum absolute atomic E-state index is 0.176. The molecule has 0 bridgehead atoms. The van der Waals surface area contributed by atoms with Crippen LogP contribution < -0.4 is 10.9 Å². The first-order chi connectivity index (χ1) is 10.6. The molecule has 1 aromatic carbocycles. The van der Waals surface area contributed by atoms with Crippen LogP contribution in [-0.4, -0.2) is 36.4 Å². The number of hydrogen-bond acceptors (Lipinski definition) is 7. The summed E-state index contributed by atoms with van der Waals surface area (Å²) < 4.78 is 1.60. The van der Waals surface area contributed by atoms with Crippen molar-refractivity contribution in [2.45, 2.75) is 6.54 Å². The van der Waals surface area contributed by atoms with Gasteiger partial charge in [0.25, 0.3) is 11.2 Å². The number of nitrogens with one attached hydrogen (secondary N) is 2. The number of rotatable bonds is 5. The summed E-state index contributed by atoms with van der Waals surface area (Å²) in [6.07, 6.45) is 4.50. The number of fused-ring (bicyclic) bond motifs is 1. The van der Waals surface area contributed by atoms with Gasteiger partial charge in [-0.2, -0.15) is 0 Å². The molecule has 0 saturated heterocycles. The summed E-state index contributed by atoms with van der Waals surface area (Å²) in [4.78, 5) is 28.7. The third-order valence-electron chi connectivity index (χ3n) is 3.08. The molecule has 0 amide bonds. The Hall–Kier alpha value is -3.30. The molecule has 10 heteroatoms. The van der Waals surface area contributed by atoms with Crippen molar-refractivity contribution in [1.82, 2.24) is 25.0 Å². The molecule has 22 heavy (non-hydrogen) atoms. The van der Waals surface area contributed by atoms with Crippen molar-refractivity contribution in [2.24, 2.45) is 0 Å². The number of nitro benzene ring substituents is 1. The average Bonchev–Trinajstić information content (AvgIpc) is 3.00. The number of anilines is 1. The fourth-order valence-electron chi connectivity index (χ4n) is 2.05. The van der Waals surface area contributed by atoms with Crippen molar-refractivity contribution in [1.29, 1.82) is 0 Å². The lowest BCUT2D eigenvalue weighted by molar-refractivity contribution is -0.383. The van der Waals surface area contributed by atoms with E-state index in [0.29, 0.717) is 24.3 Å². The van der Waals surface area contributed by atoms with Gasteiger partial charge in [-0.1, -0.05) is 5.21 Å². The summed E-state index contributed by atoms with van der Waals surface area (Å²) in [5.74, 6) is 0. The van der Waals surface area contributed by atoms with Gasteiger partial charge in [0.2, 0.25) is 0 Å². The van der Waals surface area contributed by atoms with Gasteiger partial charge in [-0.25, -0.2) is 4.98 Å². The van der Waals surface area contributed by atoms with E-state index in [2.05, 4.69) is 25.6 Å². The molecule has 10 nitrogen and oxygen atoms in total. The molecule has 0 unspecified atom stereocenters. The number of benzene rings is 1. The number of nitro groups is 1. The van der Waals surface area contributed by atoms with Gasteiger partial charge in [-0.15, -0.1) is 5.10 Å². The number of nitrogens with zero attached hydrogens (tertiary/aromatic N) is 5. The topological polar surface area (TPSA) is 132 Å². The quantitative estimate of drug-likeness (QED) is 0.519. The van der Waals surface area contributed by atoms with Crippen LogP contribution >= 0.6 is 0 Å². The van der Waals surface area contributed by atoms with Crippen molar-refractivity contribution in [3.05, 3.63) is 51.3 Å². The Balaban J connectivity index is 1.91. The van der Waals surface area contributed by atoms with E-state index in [4.69, 9.17) is 0 Å². The van der Waals surface area contributed by atoms with Crippen molar-refractivity contribution >= 4 is 22.3 Å². The van der Waals surface area contributed by atoms with Gasteiger partial charge in [-0.05, 0) is 6.07 Å². The maximum Gasteiger partial charge on any atom is 0.293 e. The van der Waals surface area contributed by atoms with E-state index in [1.54, 1.807) is 17.1 Å². The molecule has 0 aliphatic heterocycles. The van der Waals surface area contributed by atoms with Crippen molar-refractivity contribution in [3.63, 3.8) is 0 Å². The summed E-state index contributed by atoms with van der Waals surface area (Å²) in [5, 5.41) is 21.8. The smallest absolute Gasteiger partial charge is 0.293 e. The molecular weight excluding hydrogens is 290 g/mol. The second-order valence-electron chi connectivity index (χ2n) is 4.47. The van der Waals surface area contributed by atoms with Gasteiger partial charge < -0.3 is 10.3 Å². The van der Waals surface area contributed by atoms with Crippen LogP contribution in [0.15, 0.2) is 35.6 Å². The first-order valence-electron chi connectivity index (χ1n) is 6.39. The van der Waals surface area contributed by atoms with E-state index < -0.39 is 10.5 Å². The highest BCUT2D eigenvalue weighted by Crippen LogP contribution is 2.27. The fraction of sp³-hybridized carbons (Fsp3) is 0.167. The molecular formula is C12H11N7O3. The molecule has 2 heterocycles. The van der Waals surface area contributed by atoms with Crippen LogP contribution in [0.5, 0.6) is 0 Å². The number of aromatic amines is 1. The lowest BCUT2D eigenvalue weighted by Crippen LogP contribution is -2.13. The minimum atomic E-state index is -0.538. The SMILES string of the molecule is O=c1[nH]cnc2cc(NCCn3ccnn3)c([N+](=O)[O-])cc12. The molecule has 0 radical (unpaired) electrons. The normalized spacial score (nSPS) is 10.7. The van der Waals surface area contributed by atoms with E-state index in [1.807, 2.05) is 0 Å². The van der Waals surface area contributed by atoms with Gasteiger partial charge in [0.05, 0.1) is 34.9 Å². The predicted octanol–water partition coefficient (Wildman–Crippen LogP) is 0.535. The highest BCUT2D eigenvalue weighted by atomic mass is 16.6. The summed E-state index contributed by atoms with van der Waals surface area (Å²) in [5.41, 5.74) is 0.0974. The van der Waals surface area contributed by atoms with E-state index in [-0.39, 0.29) is 11.1 Å². The molecule has 3 rings (SSSR count). The lowest BCUT2D eigenvalue weighted by Gasteiger charge is -2.08. The van der Waals surface area contributed by atoms with Gasteiger partial charge in [0, 0.05) is 18.8 Å². The van der Waals surface area contributed by atoms with E-state index in [1.165, 1.54) is 18.5 Å². The van der Waals surface area contributed by atoms with E-state index in [9.17, 15) is 14.9 Å². The van der Waals surface area contributed by atoms with Crippen LogP contribution in [0.4, 0.5) is 11.4 Å². The highest BCUT2D eigenvalue weighted by molar-refractivity contribution is 5.86. The second-order valence-corrected chi connectivity index (χ2v) is 4.47. The Morgan fingerprint density at radius 1 is 1.41 bits per heavy atom. The molecule has 0 aliphatic rings. The van der Waals surface area contributed by atoms with Gasteiger partial charge in [-0.3, -0.25) is 19.6 Å². The maximum absolute atomic E-state index is 11.7. The summed E-state index contributed by atoms with van der Waals surface area (Å²) in [7, 11) is 0. The third kappa shape index (κ3) is 2.61. The largest absolute Gasteiger partial charge is 0.378 e. The Kier molecular flexibility index (Phi) is 3.48. The molecule has 0 fully saturated rings. The zero-order valence-corrected chi connectivity index (χ0v) is 11.3. The zero-order valence-electron chi connectivity index (χ0n) is 11.3.